The molecule has 0 radical (unpaired) electrons. The van der Waals surface area contributed by atoms with Crippen molar-refractivity contribution < 1.29 is 28.8 Å². The van der Waals surface area contributed by atoms with Gasteiger partial charge in [0.2, 0.25) is 35.4 Å². The van der Waals surface area contributed by atoms with Crippen LogP contribution in [0.5, 0.6) is 0 Å². The summed E-state index contributed by atoms with van der Waals surface area (Å²) in [5.41, 5.74) is 4.77. The number of nitrogens with zero attached hydrogens (tertiary/aromatic N) is 2. The van der Waals surface area contributed by atoms with Crippen LogP contribution in [0.1, 0.15) is 125 Å². The lowest BCUT2D eigenvalue weighted by molar-refractivity contribution is -0.150. The second-order valence-electron chi connectivity index (χ2n) is 17.1. The topological polar surface area (TPSA) is 181 Å². The first-order valence-electron chi connectivity index (χ1n) is 22.3. The fraction of sp³-hybridized carbons (Fsp3) is 0.609. The monoisotopic (exact) mass is 827 g/mol. The van der Waals surface area contributed by atoms with Gasteiger partial charge in [0.15, 0.2) is 0 Å². The van der Waals surface area contributed by atoms with Gasteiger partial charge >= 0.3 is 0 Å². The van der Waals surface area contributed by atoms with Gasteiger partial charge in [0, 0.05) is 13.1 Å². The highest BCUT2D eigenvalue weighted by atomic mass is 16.2. The number of unbranched alkanes of at least 4 members (excludes halogenated alkanes) is 3. The molecule has 0 saturated carbocycles. The predicted molar refractivity (Wildman–Crippen MR) is 229 cm³/mol. The van der Waals surface area contributed by atoms with Crippen molar-refractivity contribution in [3.63, 3.8) is 0 Å². The number of benzene rings is 2. The average Bonchev–Trinajstić information content (AvgIpc) is 3.22. The lowest BCUT2D eigenvalue weighted by atomic mass is 9.87. The van der Waals surface area contributed by atoms with E-state index < -0.39 is 36.3 Å². The van der Waals surface area contributed by atoms with Crippen molar-refractivity contribution in [1.82, 2.24) is 41.7 Å². The maximum absolute atomic E-state index is 14.0. The average molecular weight is 827 g/mol. The van der Waals surface area contributed by atoms with Crippen LogP contribution in [0.4, 0.5) is 0 Å². The quantitative estimate of drug-likeness (QED) is 0.117. The number of carbonyl (C=O) groups excluding carboxylic acids is 6. The van der Waals surface area contributed by atoms with Gasteiger partial charge in [-0.25, -0.2) is 0 Å². The SMILES string of the molecule is CNC(C)C(=O)NC(CCCCCCC(NC(=O)C(C)NC)C(=O)N1CCC1C(=O)N[C@@H]1CCCc2ccccc21)C(=O)N1CCC1C(=O)NC1CCCc2ccccc21. The summed E-state index contributed by atoms with van der Waals surface area (Å²) < 4.78 is 0. The molecule has 2 aromatic rings. The largest absolute Gasteiger partial charge is 0.347 e. The van der Waals surface area contributed by atoms with E-state index in [0.717, 1.165) is 62.5 Å². The number of fused-ring (bicyclic) bond motifs is 2. The zero-order valence-corrected chi connectivity index (χ0v) is 35.9. The summed E-state index contributed by atoms with van der Waals surface area (Å²) in [6.07, 6.45) is 10.3. The number of rotatable bonds is 19. The van der Waals surface area contributed by atoms with Crippen molar-refractivity contribution in [3.05, 3.63) is 70.8 Å². The standard InChI is InChI=1S/C46H66N8O6/c1-29(47-3)41(55)51-37(45(59)53-27-25-39(53)43(57)49-35-23-13-17-31-15-9-11-19-33(31)35)21-7-5-6-8-22-38(52-42(56)30(2)48-4)46(60)54-28-26-40(54)44(58)50-36-24-14-18-32-16-10-12-20-34(32)36/h9-12,15-16,19-20,29-30,35-40,47-48H,5-8,13-14,17-18,21-28H2,1-4H3,(H,49,57)(H,50,58)(H,51,55)(H,52,56)/t29?,30?,35-,36?,37?,38?,39?,40?/m1/s1. The van der Waals surface area contributed by atoms with Gasteiger partial charge in [-0.2, -0.15) is 0 Å². The third-order valence-electron chi connectivity index (χ3n) is 13.2. The number of likely N-dealkylation sites (N-methyl/N-ethyl adjacent to an activating group) is 2. The Labute approximate surface area is 355 Å². The third-order valence-corrected chi connectivity index (χ3v) is 13.2. The Hall–Kier alpha value is -4.82. The first kappa shape index (κ1) is 44.7. The number of likely N-dealkylation sites (tertiary alicyclic amines) is 2. The first-order valence-corrected chi connectivity index (χ1v) is 22.3. The minimum Gasteiger partial charge on any atom is -0.347 e. The van der Waals surface area contributed by atoms with E-state index in [-0.39, 0.29) is 47.5 Å². The second kappa shape index (κ2) is 21.1. The summed E-state index contributed by atoms with van der Waals surface area (Å²) >= 11 is 0. The maximum Gasteiger partial charge on any atom is 0.245 e. The summed E-state index contributed by atoms with van der Waals surface area (Å²) in [6, 6.07) is 12.5. The summed E-state index contributed by atoms with van der Waals surface area (Å²) in [4.78, 5) is 84.3. The van der Waals surface area contributed by atoms with Crippen molar-refractivity contribution in [1.29, 1.82) is 0 Å². The van der Waals surface area contributed by atoms with E-state index in [1.165, 1.54) is 11.1 Å². The van der Waals surface area contributed by atoms with E-state index in [1.807, 2.05) is 24.3 Å². The van der Waals surface area contributed by atoms with Gasteiger partial charge in [0.05, 0.1) is 24.2 Å². The molecule has 2 aliphatic heterocycles. The summed E-state index contributed by atoms with van der Waals surface area (Å²) in [5, 5.41) is 18.2. The Balaban J connectivity index is 1.01. The molecule has 2 fully saturated rings. The number of nitrogens with one attached hydrogen (secondary N) is 6. The molecule has 326 valence electrons. The molecule has 0 bridgehead atoms. The Morgan fingerprint density at radius 2 is 0.983 bits per heavy atom. The van der Waals surface area contributed by atoms with Crippen LogP contribution in [0.2, 0.25) is 0 Å². The van der Waals surface area contributed by atoms with Crippen LogP contribution in [0.15, 0.2) is 48.5 Å². The molecular weight excluding hydrogens is 761 g/mol. The molecule has 14 heteroatoms. The highest BCUT2D eigenvalue weighted by Gasteiger charge is 2.43. The molecule has 0 aromatic heterocycles. The molecule has 6 amide bonds. The maximum atomic E-state index is 14.0. The van der Waals surface area contributed by atoms with Crippen LogP contribution >= 0.6 is 0 Å². The number of carbonyl (C=O) groups is 6. The molecule has 0 spiro atoms. The molecule has 2 aromatic carbocycles. The molecule has 4 aliphatic rings. The van der Waals surface area contributed by atoms with Gasteiger partial charge in [-0.15, -0.1) is 0 Å². The lowest BCUT2D eigenvalue weighted by Crippen LogP contribution is -2.63. The van der Waals surface area contributed by atoms with Crippen molar-refractivity contribution >= 4 is 35.4 Å². The molecular formula is C46H66N8O6. The summed E-state index contributed by atoms with van der Waals surface area (Å²) in [7, 11) is 3.38. The molecule has 6 N–H and O–H groups in total. The van der Waals surface area contributed by atoms with E-state index in [2.05, 4.69) is 56.2 Å². The van der Waals surface area contributed by atoms with Crippen LogP contribution in [0, 0.1) is 0 Å². The van der Waals surface area contributed by atoms with Crippen LogP contribution in [-0.4, -0.2) is 109 Å². The Morgan fingerprint density at radius 1 is 0.583 bits per heavy atom. The molecule has 2 heterocycles. The van der Waals surface area contributed by atoms with Crippen molar-refractivity contribution in [2.24, 2.45) is 0 Å². The number of amides is 6. The van der Waals surface area contributed by atoms with E-state index >= 15 is 0 Å². The number of aryl methyl sites for hydroxylation is 2. The fourth-order valence-corrected chi connectivity index (χ4v) is 9.01. The minimum atomic E-state index is -0.785. The van der Waals surface area contributed by atoms with Gasteiger partial charge in [-0.3, -0.25) is 28.8 Å². The smallest absolute Gasteiger partial charge is 0.245 e. The molecule has 60 heavy (non-hydrogen) atoms. The van der Waals surface area contributed by atoms with Crippen molar-refractivity contribution in [3.8, 4) is 0 Å². The first-order chi connectivity index (χ1) is 29.0. The van der Waals surface area contributed by atoms with E-state index in [4.69, 9.17) is 0 Å². The molecule has 7 unspecified atom stereocenters. The van der Waals surface area contributed by atoms with E-state index in [9.17, 15) is 28.8 Å². The Morgan fingerprint density at radius 3 is 1.35 bits per heavy atom. The lowest BCUT2D eigenvalue weighted by Gasteiger charge is -2.42. The van der Waals surface area contributed by atoms with Crippen LogP contribution < -0.4 is 31.9 Å². The minimum absolute atomic E-state index is 0.0845. The van der Waals surface area contributed by atoms with Gasteiger partial charge in [-0.05, 0) is 114 Å². The van der Waals surface area contributed by atoms with Crippen LogP contribution in [0.25, 0.3) is 0 Å². The van der Waals surface area contributed by atoms with Gasteiger partial charge in [-0.1, -0.05) is 74.2 Å². The second-order valence-corrected chi connectivity index (χ2v) is 17.1. The molecule has 8 atom stereocenters. The predicted octanol–water partition coefficient (Wildman–Crippen LogP) is 3.10. The molecule has 2 saturated heterocycles. The Bertz CT molecular complexity index is 1720. The van der Waals surface area contributed by atoms with Gasteiger partial charge < -0.3 is 41.7 Å². The van der Waals surface area contributed by atoms with Crippen LogP contribution in [-0.2, 0) is 41.6 Å². The third kappa shape index (κ3) is 10.7. The molecule has 6 rings (SSSR count). The summed E-state index contributed by atoms with van der Waals surface area (Å²) in [5.74, 6) is -1.41. The number of hydrogen-bond donors (Lipinski definition) is 6. The highest BCUT2D eigenvalue weighted by Crippen LogP contribution is 2.32. The normalized spacial score (nSPS) is 22.6. The molecule has 14 nitrogen and oxygen atoms in total. The summed E-state index contributed by atoms with van der Waals surface area (Å²) in [6.45, 7) is 4.37. The zero-order valence-electron chi connectivity index (χ0n) is 35.9. The van der Waals surface area contributed by atoms with Gasteiger partial charge in [0.25, 0.3) is 0 Å². The number of hydrogen-bond acceptors (Lipinski definition) is 8. The van der Waals surface area contributed by atoms with Crippen molar-refractivity contribution in [2.75, 3.05) is 27.2 Å². The highest BCUT2D eigenvalue weighted by molar-refractivity contribution is 5.95. The van der Waals surface area contributed by atoms with Gasteiger partial charge in [0.1, 0.15) is 24.2 Å². The Kier molecular flexibility index (Phi) is 15.7. The molecule has 2 aliphatic carbocycles. The van der Waals surface area contributed by atoms with E-state index in [0.29, 0.717) is 51.6 Å². The van der Waals surface area contributed by atoms with E-state index in [1.54, 1.807) is 37.7 Å². The van der Waals surface area contributed by atoms with Crippen LogP contribution in [0.3, 0.4) is 0 Å². The fourth-order valence-electron chi connectivity index (χ4n) is 9.01. The zero-order chi connectivity index (χ0) is 42.8. The van der Waals surface area contributed by atoms with Crippen molar-refractivity contribution in [2.45, 2.75) is 152 Å².